The molecule has 0 aliphatic heterocycles. The third-order valence-electron chi connectivity index (χ3n) is 4.53. The van der Waals surface area contributed by atoms with E-state index in [0.29, 0.717) is 5.92 Å². The number of hydrogen-bond donors (Lipinski definition) is 1. The van der Waals surface area contributed by atoms with Gasteiger partial charge in [-0.25, -0.2) is 0 Å². The second-order valence-electron chi connectivity index (χ2n) is 6.20. The maximum absolute atomic E-state index is 11.5. The Balaban J connectivity index is 2.08. The molecule has 2 rings (SSSR count). The number of nitrogens with zero attached hydrogens (tertiary/aromatic N) is 1. The smallest absolute Gasteiger partial charge is 0.308 e. The van der Waals surface area contributed by atoms with Crippen LogP contribution in [-0.4, -0.2) is 36.2 Å². The predicted octanol–water partition coefficient (Wildman–Crippen LogP) is 3.02. The third-order valence-corrected chi connectivity index (χ3v) is 4.53. The molecule has 1 saturated carbocycles. The van der Waals surface area contributed by atoms with Crippen LogP contribution in [0.25, 0.3) is 0 Å². The van der Waals surface area contributed by atoms with E-state index in [2.05, 4.69) is 17.9 Å². The fraction of sp³-hybridized carbons (Fsp3) is 0.588. The fourth-order valence-corrected chi connectivity index (χ4v) is 3.30. The molecule has 1 fully saturated rings. The lowest BCUT2D eigenvalue weighted by molar-refractivity contribution is -0.146. The number of rotatable bonds is 5. The van der Waals surface area contributed by atoms with Gasteiger partial charge in [-0.05, 0) is 49.9 Å². The Kier molecular flexibility index (Phi) is 5.23. The molecule has 1 aromatic carbocycles. The molecule has 1 aliphatic carbocycles. The van der Waals surface area contributed by atoms with Gasteiger partial charge in [0.1, 0.15) is 5.75 Å². The van der Waals surface area contributed by atoms with E-state index in [0.717, 1.165) is 37.1 Å². The van der Waals surface area contributed by atoms with Gasteiger partial charge in [0.15, 0.2) is 0 Å². The lowest BCUT2D eigenvalue weighted by atomic mass is 9.78. The van der Waals surface area contributed by atoms with Gasteiger partial charge < -0.3 is 9.84 Å². The Bertz CT molecular complexity index is 489. The van der Waals surface area contributed by atoms with Crippen LogP contribution in [-0.2, 0) is 11.3 Å². The first kappa shape index (κ1) is 15.8. The van der Waals surface area contributed by atoms with E-state index >= 15 is 0 Å². The van der Waals surface area contributed by atoms with Crippen molar-refractivity contribution in [3.63, 3.8) is 0 Å². The minimum absolute atomic E-state index is 0.109. The van der Waals surface area contributed by atoms with E-state index in [1.807, 2.05) is 25.2 Å². The van der Waals surface area contributed by atoms with E-state index in [9.17, 15) is 9.90 Å². The largest absolute Gasteiger partial charge is 0.497 e. The molecule has 21 heavy (non-hydrogen) atoms. The van der Waals surface area contributed by atoms with Gasteiger partial charge in [0.2, 0.25) is 0 Å². The predicted molar refractivity (Wildman–Crippen MR) is 82.4 cm³/mol. The van der Waals surface area contributed by atoms with E-state index in [-0.39, 0.29) is 12.0 Å². The van der Waals surface area contributed by atoms with Gasteiger partial charge in [0.05, 0.1) is 13.0 Å². The summed E-state index contributed by atoms with van der Waals surface area (Å²) in [6, 6.07) is 8.07. The number of hydrogen-bond acceptors (Lipinski definition) is 3. The normalized spacial score (nSPS) is 25.8. The zero-order valence-corrected chi connectivity index (χ0v) is 13.1. The molecule has 0 bridgehead atoms. The summed E-state index contributed by atoms with van der Waals surface area (Å²) in [4.78, 5) is 13.7. The molecule has 116 valence electrons. The van der Waals surface area contributed by atoms with Crippen LogP contribution in [0.1, 0.15) is 31.7 Å². The molecule has 0 aromatic heterocycles. The standard InChI is InChI=1S/C17H25NO3/c1-12-7-8-15(17(19)20)16(9-12)18(2)11-13-5-4-6-14(10-13)21-3/h4-6,10,12,15-16H,7-9,11H2,1-3H3,(H,19,20). The van der Waals surface area contributed by atoms with Gasteiger partial charge in [-0.15, -0.1) is 0 Å². The number of aliphatic carboxylic acids is 1. The van der Waals surface area contributed by atoms with Crippen molar-refractivity contribution >= 4 is 5.97 Å². The van der Waals surface area contributed by atoms with Gasteiger partial charge in [0.25, 0.3) is 0 Å². The minimum atomic E-state index is -0.663. The number of methoxy groups -OCH3 is 1. The molecule has 1 aromatic rings. The minimum Gasteiger partial charge on any atom is -0.497 e. The first-order valence-electron chi connectivity index (χ1n) is 7.57. The SMILES string of the molecule is COc1cccc(CN(C)C2CC(C)CCC2C(=O)O)c1. The van der Waals surface area contributed by atoms with Crippen LogP contribution in [0, 0.1) is 11.8 Å². The van der Waals surface area contributed by atoms with Crippen molar-refractivity contribution in [2.45, 2.75) is 38.8 Å². The lowest BCUT2D eigenvalue weighted by Gasteiger charge is -2.38. The first-order valence-corrected chi connectivity index (χ1v) is 7.57. The second-order valence-corrected chi connectivity index (χ2v) is 6.20. The zero-order valence-electron chi connectivity index (χ0n) is 13.1. The molecule has 4 nitrogen and oxygen atoms in total. The fourth-order valence-electron chi connectivity index (χ4n) is 3.30. The van der Waals surface area contributed by atoms with Crippen molar-refractivity contribution in [3.05, 3.63) is 29.8 Å². The van der Waals surface area contributed by atoms with Gasteiger partial charge >= 0.3 is 5.97 Å². The van der Waals surface area contributed by atoms with Gasteiger partial charge in [-0.3, -0.25) is 9.69 Å². The van der Waals surface area contributed by atoms with Gasteiger partial charge in [-0.2, -0.15) is 0 Å². The molecule has 0 amide bonds. The van der Waals surface area contributed by atoms with Crippen LogP contribution in [0.4, 0.5) is 0 Å². The van der Waals surface area contributed by atoms with Crippen molar-refractivity contribution in [1.29, 1.82) is 0 Å². The number of benzene rings is 1. The molecular weight excluding hydrogens is 266 g/mol. The van der Waals surface area contributed by atoms with Crippen LogP contribution >= 0.6 is 0 Å². The molecular formula is C17H25NO3. The third kappa shape index (κ3) is 3.97. The number of ether oxygens (including phenoxy) is 1. The Morgan fingerprint density at radius 2 is 2.19 bits per heavy atom. The molecule has 1 aliphatic rings. The monoisotopic (exact) mass is 291 g/mol. The Hall–Kier alpha value is -1.55. The summed E-state index contributed by atoms with van der Waals surface area (Å²) >= 11 is 0. The Morgan fingerprint density at radius 3 is 2.86 bits per heavy atom. The highest BCUT2D eigenvalue weighted by atomic mass is 16.5. The maximum Gasteiger partial charge on any atom is 0.308 e. The molecule has 4 heteroatoms. The second kappa shape index (κ2) is 6.94. The zero-order chi connectivity index (χ0) is 15.4. The maximum atomic E-state index is 11.5. The van der Waals surface area contributed by atoms with Crippen LogP contribution in [0.2, 0.25) is 0 Å². The van der Waals surface area contributed by atoms with Crippen molar-refractivity contribution in [2.75, 3.05) is 14.2 Å². The molecule has 1 N–H and O–H groups in total. The van der Waals surface area contributed by atoms with E-state index in [1.54, 1.807) is 7.11 Å². The van der Waals surface area contributed by atoms with Crippen molar-refractivity contribution < 1.29 is 14.6 Å². The van der Waals surface area contributed by atoms with E-state index in [1.165, 1.54) is 0 Å². The summed E-state index contributed by atoms with van der Waals surface area (Å²) < 4.78 is 5.25. The van der Waals surface area contributed by atoms with Crippen LogP contribution in [0.5, 0.6) is 5.75 Å². The van der Waals surface area contributed by atoms with E-state index in [4.69, 9.17) is 4.74 Å². The highest BCUT2D eigenvalue weighted by Gasteiger charge is 2.35. The van der Waals surface area contributed by atoms with Crippen molar-refractivity contribution in [1.82, 2.24) is 4.90 Å². The topological polar surface area (TPSA) is 49.8 Å². The van der Waals surface area contributed by atoms with Crippen LogP contribution < -0.4 is 4.74 Å². The first-order chi connectivity index (χ1) is 10.0. The molecule has 0 saturated heterocycles. The summed E-state index contributed by atoms with van der Waals surface area (Å²) in [5, 5.41) is 9.45. The molecule has 0 radical (unpaired) electrons. The highest BCUT2D eigenvalue weighted by molar-refractivity contribution is 5.71. The number of carboxylic acids is 1. The quantitative estimate of drug-likeness (QED) is 0.906. The van der Waals surface area contributed by atoms with Crippen LogP contribution in [0.3, 0.4) is 0 Å². The summed E-state index contributed by atoms with van der Waals surface area (Å²) in [7, 11) is 3.68. The molecule has 0 heterocycles. The Labute approximate surface area is 126 Å². The molecule has 3 atom stereocenters. The van der Waals surface area contributed by atoms with E-state index < -0.39 is 5.97 Å². The summed E-state index contributed by atoms with van der Waals surface area (Å²) in [6.45, 7) is 2.96. The highest BCUT2D eigenvalue weighted by Crippen LogP contribution is 2.32. The van der Waals surface area contributed by atoms with Gasteiger partial charge in [-0.1, -0.05) is 19.1 Å². The lowest BCUT2D eigenvalue weighted by Crippen LogP contribution is -2.44. The van der Waals surface area contributed by atoms with Gasteiger partial charge in [0, 0.05) is 12.6 Å². The number of carboxylic acid groups (broad SMARTS) is 1. The summed E-state index contributed by atoms with van der Waals surface area (Å²) in [5.74, 6) is 0.521. The average Bonchev–Trinajstić information content (AvgIpc) is 2.47. The van der Waals surface area contributed by atoms with Crippen molar-refractivity contribution in [2.24, 2.45) is 11.8 Å². The Morgan fingerprint density at radius 1 is 1.43 bits per heavy atom. The molecule has 3 unspecified atom stereocenters. The van der Waals surface area contributed by atoms with Crippen molar-refractivity contribution in [3.8, 4) is 5.75 Å². The average molecular weight is 291 g/mol. The van der Waals surface area contributed by atoms with Crippen LogP contribution in [0.15, 0.2) is 24.3 Å². The molecule has 0 spiro atoms. The summed E-state index contributed by atoms with van der Waals surface area (Å²) in [6.07, 6.45) is 2.75. The summed E-state index contributed by atoms with van der Waals surface area (Å²) in [5.41, 5.74) is 1.15. The number of carbonyl (C=O) groups is 1.